The average molecular weight is 435 g/mol. The first kappa shape index (κ1) is 25.4. The summed E-state index contributed by atoms with van der Waals surface area (Å²) in [5, 5.41) is 42.0. The van der Waals surface area contributed by atoms with Crippen molar-refractivity contribution in [2.75, 3.05) is 32.9 Å². The minimum atomic E-state index is -1.01. The largest absolute Gasteiger partial charge is 0.468 e. The van der Waals surface area contributed by atoms with Crippen LogP contribution in [0.25, 0.3) is 0 Å². The zero-order valence-corrected chi connectivity index (χ0v) is 17.7. The van der Waals surface area contributed by atoms with Crippen LogP contribution in [0.15, 0.2) is 11.8 Å². The molecule has 30 heavy (non-hydrogen) atoms. The van der Waals surface area contributed by atoms with Gasteiger partial charge in [0, 0.05) is 19.0 Å². The first-order valence-corrected chi connectivity index (χ1v) is 10.8. The van der Waals surface area contributed by atoms with Crippen molar-refractivity contribution in [1.82, 2.24) is 5.32 Å². The molecular weight excluding hydrogens is 396 g/mol. The lowest BCUT2D eigenvalue weighted by atomic mass is 9.88. The number of aliphatic hydroxyl groups excluding tert-OH is 4. The molecule has 0 unspecified atom stereocenters. The Kier molecular flexibility index (Phi) is 11.5. The highest BCUT2D eigenvalue weighted by Gasteiger charge is 2.42. The summed E-state index contributed by atoms with van der Waals surface area (Å²) in [6.07, 6.45) is 0.271. The van der Waals surface area contributed by atoms with Crippen molar-refractivity contribution < 1.29 is 39.4 Å². The number of ether oxygens (including phenoxy) is 4. The molecule has 1 aliphatic carbocycles. The van der Waals surface area contributed by atoms with Crippen LogP contribution < -0.4 is 11.1 Å². The Hall–Kier alpha value is -0.820. The Labute approximate surface area is 177 Å². The van der Waals surface area contributed by atoms with Crippen LogP contribution in [0.5, 0.6) is 0 Å². The zero-order chi connectivity index (χ0) is 21.9. The highest BCUT2D eigenvalue weighted by Crippen LogP contribution is 2.29. The lowest BCUT2D eigenvalue weighted by Gasteiger charge is -2.41. The number of hydrogen-bond acceptors (Lipinski definition) is 10. The standard InChI is InChI=1S/C20H38N2O8/c1-2-15(25)20(27-11-10-24)30-19-14(21)6-7-16(18(19)26)29-17-5-3-4-13(28-17)12-22-8-9-23/h4,14-20,22-26H,2-3,5-12,21H2,1H3/t14-,15-,16-,17-,18+,19+,20-/m1/s1. The summed E-state index contributed by atoms with van der Waals surface area (Å²) in [5.41, 5.74) is 6.18. The van der Waals surface area contributed by atoms with Gasteiger partial charge in [0.15, 0.2) is 12.6 Å². The Bertz CT molecular complexity index is 509. The summed E-state index contributed by atoms with van der Waals surface area (Å²) < 4.78 is 23.2. The van der Waals surface area contributed by atoms with Gasteiger partial charge in [-0.2, -0.15) is 0 Å². The Morgan fingerprint density at radius 1 is 1.27 bits per heavy atom. The van der Waals surface area contributed by atoms with E-state index in [1.165, 1.54) is 0 Å². The van der Waals surface area contributed by atoms with Crippen molar-refractivity contribution >= 4 is 0 Å². The molecule has 0 aromatic heterocycles. The van der Waals surface area contributed by atoms with Crippen molar-refractivity contribution in [2.45, 2.75) is 82.1 Å². The SMILES string of the molecule is CC[C@@H](O)[C@H](OCCO)O[C@@H]1[C@@H](O)[C@H](O[C@@H]2CCC=C(CNCCO)O2)CC[C@H]1N. The monoisotopic (exact) mass is 434 g/mol. The van der Waals surface area contributed by atoms with E-state index in [9.17, 15) is 10.2 Å². The van der Waals surface area contributed by atoms with Crippen LogP contribution >= 0.6 is 0 Å². The fraction of sp³-hybridized carbons (Fsp3) is 0.900. The summed E-state index contributed by atoms with van der Waals surface area (Å²) in [4.78, 5) is 0. The van der Waals surface area contributed by atoms with Gasteiger partial charge in [-0.05, 0) is 31.8 Å². The van der Waals surface area contributed by atoms with Crippen LogP contribution in [0, 0.1) is 0 Å². The first-order chi connectivity index (χ1) is 14.5. The summed E-state index contributed by atoms with van der Waals surface area (Å²) in [5.74, 6) is 0.748. The number of nitrogens with two attached hydrogens (primary N) is 1. The molecule has 0 spiro atoms. The molecule has 2 aliphatic rings. The van der Waals surface area contributed by atoms with E-state index in [0.29, 0.717) is 38.8 Å². The molecular formula is C20H38N2O8. The zero-order valence-electron chi connectivity index (χ0n) is 17.7. The molecule has 1 heterocycles. The van der Waals surface area contributed by atoms with Gasteiger partial charge in [-0.25, -0.2) is 0 Å². The summed E-state index contributed by atoms with van der Waals surface area (Å²) >= 11 is 0. The lowest BCUT2D eigenvalue weighted by molar-refractivity contribution is -0.265. The molecule has 0 aromatic rings. The smallest absolute Gasteiger partial charge is 0.200 e. The van der Waals surface area contributed by atoms with Gasteiger partial charge >= 0.3 is 0 Å². The maximum atomic E-state index is 10.9. The maximum Gasteiger partial charge on any atom is 0.200 e. The van der Waals surface area contributed by atoms with Crippen LogP contribution in [-0.2, 0) is 18.9 Å². The van der Waals surface area contributed by atoms with Crippen molar-refractivity contribution in [3.8, 4) is 0 Å². The van der Waals surface area contributed by atoms with Crippen LogP contribution in [0.2, 0.25) is 0 Å². The molecule has 7 N–H and O–H groups in total. The minimum Gasteiger partial charge on any atom is -0.468 e. The second kappa shape index (κ2) is 13.6. The maximum absolute atomic E-state index is 10.9. The molecule has 0 saturated heterocycles. The summed E-state index contributed by atoms with van der Waals surface area (Å²) in [6.45, 7) is 2.63. The van der Waals surface area contributed by atoms with E-state index in [2.05, 4.69) is 5.32 Å². The molecule has 0 aromatic carbocycles. The number of aliphatic hydroxyl groups is 4. The normalized spacial score (nSPS) is 31.7. The Morgan fingerprint density at radius 2 is 2.07 bits per heavy atom. The molecule has 10 nitrogen and oxygen atoms in total. The van der Waals surface area contributed by atoms with Crippen molar-refractivity contribution in [3.05, 3.63) is 11.8 Å². The van der Waals surface area contributed by atoms with Crippen LogP contribution in [-0.4, -0.2) is 96.4 Å². The fourth-order valence-electron chi connectivity index (χ4n) is 3.60. The molecule has 2 rings (SSSR count). The third-order valence-corrected chi connectivity index (χ3v) is 5.29. The third-order valence-electron chi connectivity index (χ3n) is 5.29. The second-order valence-electron chi connectivity index (χ2n) is 7.64. The highest BCUT2D eigenvalue weighted by molar-refractivity contribution is 4.99. The molecule has 0 bridgehead atoms. The Balaban J connectivity index is 1.92. The van der Waals surface area contributed by atoms with E-state index in [1.807, 2.05) is 6.08 Å². The molecule has 0 amide bonds. The molecule has 7 atom stereocenters. The molecule has 176 valence electrons. The molecule has 10 heteroatoms. The van der Waals surface area contributed by atoms with E-state index >= 15 is 0 Å². The highest BCUT2D eigenvalue weighted by atomic mass is 16.7. The summed E-state index contributed by atoms with van der Waals surface area (Å²) in [7, 11) is 0. The van der Waals surface area contributed by atoms with E-state index in [4.69, 9.17) is 34.9 Å². The van der Waals surface area contributed by atoms with Crippen LogP contribution in [0.4, 0.5) is 0 Å². The minimum absolute atomic E-state index is 0.00898. The van der Waals surface area contributed by atoms with Crippen molar-refractivity contribution in [2.24, 2.45) is 5.73 Å². The Morgan fingerprint density at radius 3 is 2.77 bits per heavy atom. The van der Waals surface area contributed by atoms with E-state index in [-0.39, 0.29) is 19.8 Å². The summed E-state index contributed by atoms with van der Waals surface area (Å²) in [6, 6.07) is -0.436. The third kappa shape index (κ3) is 7.70. The molecule has 1 saturated carbocycles. The first-order valence-electron chi connectivity index (χ1n) is 10.8. The van der Waals surface area contributed by atoms with E-state index in [0.717, 1.165) is 12.2 Å². The average Bonchev–Trinajstić information content (AvgIpc) is 2.75. The van der Waals surface area contributed by atoms with Crippen LogP contribution in [0.1, 0.15) is 39.0 Å². The van der Waals surface area contributed by atoms with Gasteiger partial charge in [-0.3, -0.25) is 0 Å². The number of hydrogen-bond donors (Lipinski definition) is 6. The molecule has 0 radical (unpaired) electrons. The second-order valence-corrected chi connectivity index (χ2v) is 7.64. The molecule has 1 aliphatic heterocycles. The predicted molar refractivity (Wildman–Crippen MR) is 108 cm³/mol. The molecule has 1 fully saturated rings. The number of nitrogens with one attached hydrogen (secondary N) is 1. The van der Waals surface area contributed by atoms with Crippen LogP contribution in [0.3, 0.4) is 0 Å². The number of allylic oxidation sites excluding steroid dienone is 1. The van der Waals surface area contributed by atoms with Gasteiger partial charge < -0.3 is 50.4 Å². The quantitative estimate of drug-likeness (QED) is 0.156. The van der Waals surface area contributed by atoms with Gasteiger partial charge in [0.2, 0.25) is 0 Å². The van der Waals surface area contributed by atoms with Gasteiger partial charge in [-0.1, -0.05) is 6.92 Å². The van der Waals surface area contributed by atoms with Gasteiger partial charge in [-0.15, -0.1) is 0 Å². The van der Waals surface area contributed by atoms with Gasteiger partial charge in [0.25, 0.3) is 0 Å². The van der Waals surface area contributed by atoms with Crippen molar-refractivity contribution in [3.63, 3.8) is 0 Å². The van der Waals surface area contributed by atoms with Crippen molar-refractivity contribution in [1.29, 1.82) is 0 Å². The fourth-order valence-corrected chi connectivity index (χ4v) is 3.60. The van der Waals surface area contributed by atoms with Gasteiger partial charge in [0.05, 0.1) is 32.5 Å². The topological polar surface area (TPSA) is 156 Å². The van der Waals surface area contributed by atoms with E-state index < -0.39 is 43.0 Å². The van der Waals surface area contributed by atoms with Gasteiger partial charge in [0.1, 0.15) is 24.1 Å². The lowest BCUT2D eigenvalue weighted by Crippen LogP contribution is -2.57. The number of rotatable bonds is 13. The predicted octanol–water partition coefficient (Wildman–Crippen LogP) is -1.05. The van der Waals surface area contributed by atoms with E-state index in [1.54, 1.807) is 6.92 Å².